The molecule has 0 aromatic heterocycles. The molecule has 1 saturated heterocycles. The van der Waals surface area contributed by atoms with Crippen molar-refractivity contribution in [2.45, 2.75) is 45.6 Å². The second-order valence-electron chi connectivity index (χ2n) is 5.86. The van der Waals surface area contributed by atoms with Crippen molar-refractivity contribution in [2.24, 2.45) is 11.3 Å². The Balaban J connectivity index is 1.97. The Morgan fingerprint density at radius 2 is 2.06 bits per heavy atom. The molecule has 0 bridgehead atoms. The van der Waals surface area contributed by atoms with E-state index in [0.29, 0.717) is 25.6 Å². The van der Waals surface area contributed by atoms with Crippen LogP contribution in [0.3, 0.4) is 0 Å². The molecule has 2 fully saturated rings. The van der Waals surface area contributed by atoms with E-state index in [9.17, 15) is 14.7 Å². The van der Waals surface area contributed by atoms with Gasteiger partial charge in [0.05, 0.1) is 5.41 Å². The molecular weight excluding hydrogens is 232 g/mol. The van der Waals surface area contributed by atoms with Crippen LogP contribution in [-0.4, -0.2) is 41.1 Å². The van der Waals surface area contributed by atoms with Gasteiger partial charge in [-0.2, -0.15) is 0 Å². The van der Waals surface area contributed by atoms with Gasteiger partial charge in [0.25, 0.3) is 0 Å². The number of hydrogen-bond donors (Lipinski definition) is 2. The highest BCUT2D eigenvalue weighted by Crippen LogP contribution is 2.38. The molecule has 1 unspecified atom stereocenters. The molecule has 1 aliphatic carbocycles. The van der Waals surface area contributed by atoms with Crippen molar-refractivity contribution in [1.29, 1.82) is 0 Å². The lowest BCUT2D eigenvalue weighted by Crippen LogP contribution is -2.48. The Morgan fingerprint density at radius 3 is 2.44 bits per heavy atom. The van der Waals surface area contributed by atoms with E-state index in [1.807, 2.05) is 13.8 Å². The predicted octanol–water partition coefficient (Wildman–Crippen LogP) is 1.68. The van der Waals surface area contributed by atoms with Crippen molar-refractivity contribution in [3.8, 4) is 0 Å². The van der Waals surface area contributed by atoms with Gasteiger partial charge < -0.3 is 15.3 Å². The van der Waals surface area contributed by atoms with Crippen LogP contribution in [0.25, 0.3) is 0 Å². The minimum atomic E-state index is -0.781. The van der Waals surface area contributed by atoms with Crippen LogP contribution in [0.2, 0.25) is 0 Å². The number of hydrogen-bond acceptors (Lipinski definition) is 2. The molecule has 0 aromatic rings. The maximum Gasteiger partial charge on any atom is 0.317 e. The molecule has 102 valence electrons. The summed E-state index contributed by atoms with van der Waals surface area (Å²) in [5, 5.41) is 12.4. The Kier molecular flexibility index (Phi) is 3.50. The maximum absolute atomic E-state index is 12.0. The highest BCUT2D eigenvalue weighted by atomic mass is 16.4. The first-order valence-electron chi connectivity index (χ1n) is 6.74. The number of likely N-dealkylation sites (tertiary alicyclic amines) is 1. The monoisotopic (exact) mass is 254 g/mol. The van der Waals surface area contributed by atoms with E-state index in [1.54, 1.807) is 4.90 Å². The minimum absolute atomic E-state index is 0.0384. The predicted molar refractivity (Wildman–Crippen MR) is 67.3 cm³/mol. The number of rotatable bonds is 3. The summed E-state index contributed by atoms with van der Waals surface area (Å²) in [7, 11) is 0. The van der Waals surface area contributed by atoms with Crippen molar-refractivity contribution in [3.63, 3.8) is 0 Å². The van der Waals surface area contributed by atoms with Gasteiger partial charge in [0.1, 0.15) is 0 Å². The summed E-state index contributed by atoms with van der Waals surface area (Å²) in [5.74, 6) is -0.743. The molecule has 1 heterocycles. The summed E-state index contributed by atoms with van der Waals surface area (Å²) >= 11 is 0. The number of amides is 2. The average Bonchev–Trinajstić information content (AvgIpc) is 2.69. The lowest BCUT2D eigenvalue weighted by Gasteiger charge is -2.31. The fourth-order valence-corrected chi connectivity index (χ4v) is 2.72. The van der Waals surface area contributed by atoms with Crippen LogP contribution in [0.15, 0.2) is 0 Å². The highest BCUT2D eigenvalue weighted by molar-refractivity contribution is 5.80. The summed E-state index contributed by atoms with van der Waals surface area (Å²) in [6.45, 7) is 4.71. The van der Waals surface area contributed by atoms with Crippen molar-refractivity contribution < 1.29 is 14.7 Å². The number of carboxylic acid groups (broad SMARTS) is 1. The van der Waals surface area contributed by atoms with Gasteiger partial charge in [0, 0.05) is 19.1 Å². The molecule has 0 spiro atoms. The van der Waals surface area contributed by atoms with Gasteiger partial charge in [0.15, 0.2) is 0 Å². The van der Waals surface area contributed by atoms with Gasteiger partial charge in [-0.3, -0.25) is 4.79 Å². The van der Waals surface area contributed by atoms with Gasteiger partial charge in [-0.25, -0.2) is 4.79 Å². The molecular formula is C13H22N2O3. The third kappa shape index (κ3) is 2.18. The number of aliphatic carboxylic acids is 1. The van der Waals surface area contributed by atoms with Gasteiger partial charge in [-0.1, -0.05) is 13.8 Å². The second-order valence-corrected chi connectivity index (χ2v) is 5.86. The van der Waals surface area contributed by atoms with Crippen molar-refractivity contribution in [2.75, 3.05) is 13.1 Å². The van der Waals surface area contributed by atoms with Crippen LogP contribution < -0.4 is 5.32 Å². The second kappa shape index (κ2) is 4.78. The Morgan fingerprint density at radius 1 is 1.39 bits per heavy atom. The zero-order chi connectivity index (χ0) is 13.3. The number of carbonyl (C=O) groups excluding carboxylic acids is 1. The molecule has 1 saturated carbocycles. The molecule has 2 amide bonds. The Labute approximate surface area is 108 Å². The van der Waals surface area contributed by atoms with E-state index in [1.165, 1.54) is 6.42 Å². The third-order valence-corrected chi connectivity index (χ3v) is 4.55. The smallest absolute Gasteiger partial charge is 0.317 e. The molecule has 0 aromatic carbocycles. The van der Waals surface area contributed by atoms with Crippen LogP contribution in [0, 0.1) is 11.3 Å². The zero-order valence-corrected chi connectivity index (χ0v) is 11.1. The normalized spacial score (nSPS) is 28.3. The van der Waals surface area contributed by atoms with E-state index >= 15 is 0 Å². The average molecular weight is 254 g/mol. The van der Waals surface area contributed by atoms with Crippen LogP contribution in [0.4, 0.5) is 4.79 Å². The van der Waals surface area contributed by atoms with Gasteiger partial charge in [-0.15, -0.1) is 0 Å². The quantitative estimate of drug-likeness (QED) is 0.805. The van der Waals surface area contributed by atoms with Crippen LogP contribution in [0.5, 0.6) is 0 Å². The number of carboxylic acids is 1. The molecule has 18 heavy (non-hydrogen) atoms. The lowest BCUT2D eigenvalue weighted by atomic mass is 9.76. The van der Waals surface area contributed by atoms with Crippen LogP contribution >= 0.6 is 0 Å². The zero-order valence-electron chi connectivity index (χ0n) is 11.1. The number of nitrogens with zero attached hydrogens (tertiary/aromatic N) is 1. The molecule has 2 aliphatic rings. The standard InChI is InChI=1S/C13H22N2O3/c1-9(2)13(11(16)17)6-7-15(8-13)12(18)14-10-4-3-5-10/h9-10H,3-8H2,1-2H3,(H,14,18)(H,16,17). The van der Waals surface area contributed by atoms with Crippen LogP contribution in [0.1, 0.15) is 39.5 Å². The van der Waals surface area contributed by atoms with E-state index in [0.717, 1.165) is 12.8 Å². The molecule has 5 nitrogen and oxygen atoms in total. The van der Waals surface area contributed by atoms with Crippen LogP contribution in [-0.2, 0) is 4.79 Å². The van der Waals surface area contributed by atoms with Gasteiger partial charge in [-0.05, 0) is 31.6 Å². The summed E-state index contributed by atoms with van der Waals surface area (Å²) < 4.78 is 0. The topological polar surface area (TPSA) is 69.6 Å². The Bertz CT molecular complexity index is 352. The van der Waals surface area contributed by atoms with E-state index < -0.39 is 11.4 Å². The first kappa shape index (κ1) is 13.2. The highest BCUT2D eigenvalue weighted by Gasteiger charge is 2.48. The maximum atomic E-state index is 12.0. The first-order chi connectivity index (χ1) is 8.45. The number of nitrogens with one attached hydrogen (secondary N) is 1. The van der Waals surface area contributed by atoms with Crippen molar-refractivity contribution in [3.05, 3.63) is 0 Å². The SMILES string of the molecule is CC(C)C1(C(=O)O)CCN(C(=O)NC2CCC2)C1. The Hall–Kier alpha value is -1.26. The summed E-state index contributed by atoms with van der Waals surface area (Å²) in [6, 6.07) is 0.208. The van der Waals surface area contributed by atoms with Crippen molar-refractivity contribution >= 4 is 12.0 Å². The summed E-state index contributed by atoms with van der Waals surface area (Å²) in [5.41, 5.74) is -0.767. The summed E-state index contributed by atoms with van der Waals surface area (Å²) in [6.07, 6.45) is 3.83. The van der Waals surface area contributed by atoms with E-state index in [4.69, 9.17) is 0 Å². The van der Waals surface area contributed by atoms with E-state index in [-0.39, 0.29) is 11.9 Å². The molecule has 2 N–H and O–H groups in total. The van der Waals surface area contributed by atoms with Gasteiger partial charge >= 0.3 is 12.0 Å². The molecule has 1 atom stereocenters. The van der Waals surface area contributed by atoms with E-state index in [2.05, 4.69) is 5.32 Å². The number of carbonyl (C=O) groups is 2. The first-order valence-corrected chi connectivity index (χ1v) is 6.74. The molecule has 2 rings (SSSR count). The third-order valence-electron chi connectivity index (χ3n) is 4.55. The molecule has 5 heteroatoms. The van der Waals surface area contributed by atoms with Crippen molar-refractivity contribution in [1.82, 2.24) is 10.2 Å². The fourth-order valence-electron chi connectivity index (χ4n) is 2.72. The van der Waals surface area contributed by atoms with Gasteiger partial charge in [0.2, 0.25) is 0 Å². The fraction of sp³-hybridized carbons (Fsp3) is 0.846. The minimum Gasteiger partial charge on any atom is -0.481 e. The lowest BCUT2D eigenvalue weighted by molar-refractivity contribution is -0.150. The molecule has 1 aliphatic heterocycles. The largest absolute Gasteiger partial charge is 0.481 e. The number of urea groups is 1. The summed E-state index contributed by atoms with van der Waals surface area (Å²) in [4.78, 5) is 25.1. The molecule has 0 radical (unpaired) electrons.